The van der Waals surface area contributed by atoms with E-state index in [1.807, 2.05) is 0 Å². The fourth-order valence-corrected chi connectivity index (χ4v) is 2.12. The zero-order valence-electron chi connectivity index (χ0n) is 14.6. The van der Waals surface area contributed by atoms with Crippen LogP contribution in [-0.2, 0) is 16.6 Å². The highest BCUT2D eigenvalue weighted by Crippen LogP contribution is 2.26. The molecule has 1 atom stereocenters. The number of carbonyl (C=O) groups excluding carboxylic acids is 2. The number of rotatable bonds is 7. The predicted molar refractivity (Wildman–Crippen MR) is 87.9 cm³/mol. The Bertz CT molecular complexity index is 841. The number of hydrogen-bond donors (Lipinski definition) is 1. The molecule has 0 aliphatic rings. The Balaban J connectivity index is 2.24. The zero-order chi connectivity index (χ0) is 19.4. The summed E-state index contributed by atoms with van der Waals surface area (Å²) >= 11 is 0. The van der Waals surface area contributed by atoms with Crippen LogP contribution in [-0.4, -0.2) is 50.1 Å². The normalized spacial score (nSPS) is 11.7. The average Bonchev–Trinajstić information content (AvgIpc) is 3.19. The molecule has 0 saturated heterocycles. The number of esters is 1. The van der Waals surface area contributed by atoms with Gasteiger partial charge in [-0.15, -0.1) is 5.10 Å². The van der Waals surface area contributed by atoms with E-state index in [1.165, 1.54) is 24.9 Å². The summed E-state index contributed by atoms with van der Waals surface area (Å²) in [7, 11) is 2.79. The van der Waals surface area contributed by atoms with Crippen LogP contribution in [0.3, 0.4) is 0 Å². The van der Waals surface area contributed by atoms with Crippen molar-refractivity contribution in [3.63, 3.8) is 0 Å². The number of aryl methyl sites for hydroxylation is 1. The van der Waals surface area contributed by atoms with Gasteiger partial charge in [0.15, 0.2) is 0 Å². The molecule has 0 fully saturated rings. The van der Waals surface area contributed by atoms with Gasteiger partial charge in [0, 0.05) is 7.05 Å². The average molecular weight is 366 g/mol. The van der Waals surface area contributed by atoms with E-state index in [2.05, 4.69) is 15.5 Å². The lowest BCUT2D eigenvalue weighted by atomic mass is 10.3. The first-order valence-corrected chi connectivity index (χ1v) is 7.57. The first-order chi connectivity index (χ1) is 12.3. The monoisotopic (exact) mass is 366 g/mol. The first kappa shape index (κ1) is 18.9. The maximum Gasteiger partial charge on any atom is 0.350 e. The van der Waals surface area contributed by atoms with Crippen LogP contribution in [0, 0.1) is 10.1 Å². The van der Waals surface area contributed by atoms with Crippen molar-refractivity contribution in [1.29, 1.82) is 0 Å². The Morgan fingerprint density at radius 1 is 1.46 bits per heavy atom. The number of amides is 1. The molecule has 1 unspecified atom stereocenters. The Hall–Kier alpha value is -3.44. The molecular weight excluding hydrogens is 348 g/mol. The van der Waals surface area contributed by atoms with Crippen molar-refractivity contribution in [3.8, 4) is 5.88 Å². The zero-order valence-corrected chi connectivity index (χ0v) is 14.6. The summed E-state index contributed by atoms with van der Waals surface area (Å²) in [6.45, 7) is 3.33. The summed E-state index contributed by atoms with van der Waals surface area (Å²) in [5, 5.41) is 21.4. The van der Waals surface area contributed by atoms with Crippen LogP contribution in [0.2, 0.25) is 0 Å². The molecule has 0 saturated carbocycles. The Kier molecular flexibility index (Phi) is 5.54. The van der Waals surface area contributed by atoms with E-state index in [0.29, 0.717) is 0 Å². The van der Waals surface area contributed by atoms with Gasteiger partial charge < -0.3 is 14.8 Å². The number of hydrogen-bond acceptors (Lipinski definition) is 8. The van der Waals surface area contributed by atoms with Gasteiger partial charge in [-0.1, -0.05) is 0 Å². The van der Waals surface area contributed by atoms with Crippen LogP contribution in [0.15, 0.2) is 12.4 Å². The summed E-state index contributed by atoms with van der Waals surface area (Å²) < 4.78 is 12.2. The SMILES string of the molecule is CCOC(=O)c1cnn(C)c1NC(=O)C(C)n1cc([N+](=O)[O-])c(OC)n1. The molecule has 0 radical (unpaired) electrons. The summed E-state index contributed by atoms with van der Waals surface area (Å²) in [5.74, 6) is -1.24. The lowest BCUT2D eigenvalue weighted by Gasteiger charge is -2.13. The maximum absolute atomic E-state index is 12.5. The number of nitrogens with zero attached hydrogens (tertiary/aromatic N) is 5. The molecule has 12 nitrogen and oxygen atoms in total. The third-order valence-electron chi connectivity index (χ3n) is 3.52. The number of anilines is 1. The molecule has 2 rings (SSSR count). The molecule has 2 aromatic heterocycles. The second kappa shape index (κ2) is 7.63. The number of nitro groups is 1. The van der Waals surface area contributed by atoms with Crippen molar-refractivity contribution in [1.82, 2.24) is 19.6 Å². The predicted octanol–water partition coefficient (Wildman–Crippen LogP) is 0.910. The Morgan fingerprint density at radius 2 is 2.15 bits per heavy atom. The van der Waals surface area contributed by atoms with Gasteiger partial charge in [-0.2, -0.15) is 5.10 Å². The fourth-order valence-electron chi connectivity index (χ4n) is 2.12. The topological polar surface area (TPSA) is 143 Å². The molecule has 0 aromatic carbocycles. The standard InChI is InChI=1S/C14H18N6O6/c1-5-26-14(22)9-6-15-18(3)11(9)16-12(21)8(2)19-7-10(20(23)24)13(17-19)25-4/h6-8H,5H2,1-4H3,(H,16,21). The van der Waals surface area contributed by atoms with Crippen molar-refractivity contribution >= 4 is 23.4 Å². The maximum atomic E-state index is 12.5. The summed E-state index contributed by atoms with van der Waals surface area (Å²) in [6, 6.07) is -0.914. The lowest BCUT2D eigenvalue weighted by molar-refractivity contribution is -0.385. The molecule has 26 heavy (non-hydrogen) atoms. The highest BCUT2D eigenvalue weighted by atomic mass is 16.6. The van der Waals surface area contributed by atoms with E-state index in [0.717, 1.165) is 10.9 Å². The van der Waals surface area contributed by atoms with E-state index in [4.69, 9.17) is 9.47 Å². The van der Waals surface area contributed by atoms with E-state index < -0.39 is 22.8 Å². The molecule has 0 spiro atoms. The third-order valence-corrected chi connectivity index (χ3v) is 3.52. The van der Waals surface area contributed by atoms with Crippen LogP contribution >= 0.6 is 0 Å². The van der Waals surface area contributed by atoms with Gasteiger partial charge in [-0.05, 0) is 13.8 Å². The van der Waals surface area contributed by atoms with Gasteiger partial charge in [-0.3, -0.25) is 19.6 Å². The number of methoxy groups -OCH3 is 1. The quantitative estimate of drug-likeness (QED) is 0.432. The molecular formula is C14H18N6O6. The molecule has 2 heterocycles. The van der Waals surface area contributed by atoms with Crippen molar-refractivity contribution < 1.29 is 24.0 Å². The molecule has 0 aliphatic heterocycles. The molecule has 1 amide bonds. The molecule has 0 bridgehead atoms. The minimum Gasteiger partial charge on any atom is -0.475 e. The van der Waals surface area contributed by atoms with Crippen molar-refractivity contribution in [2.45, 2.75) is 19.9 Å². The van der Waals surface area contributed by atoms with Crippen molar-refractivity contribution in [2.24, 2.45) is 7.05 Å². The summed E-state index contributed by atoms with van der Waals surface area (Å²) in [4.78, 5) is 34.7. The molecule has 2 aromatic rings. The van der Waals surface area contributed by atoms with E-state index in [1.54, 1.807) is 14.0 Å². The number of ether oxygens (including phenoxy) is 2. The van der Waals surface area contributed by atoms with E-state index >= 15 is 0 Å². The van der Waals surface area contributed by atoms with Crippen LogP contribution in [0.4, 0.5) is 11.5 Å². The van der Waals surface area contributed by atoms with Crippen molar-refractivity contribution in [2.75, 3.05) is 19.0 Å². The van der Waals surface area contributed by atoms with Crippen LogP contribution in [0.1, 0.15) is 30.2 Å². The number of nitrogens with one attached hydrogen (secondary N) is 1. The van der Waals surface area contributed by atoms with E-state index in [9.17, 15) is 19.7 Å². The third kappa shape index (κ3) is 3.63. The largest absolute Gasteiger partial charge is 0.475 e. The highest BCUT2D eigenvalue weighted by molar-refractivity contribution is 6.01. The smallest absolute Gasteiger partial charge is 0.350 e. The number of aromatic nitrogens is 4. The minimum atomic E-state index is -0.914. The molecule has 1 N–H and O–H groups in total. The Labute approximate surface area is 147 Å². The summed E-state index contributed by atoms with van der Waals surface area (Å²) in [6.07, 6.45) is 2.37. The highest BCUT2D eigenvalue weighted by Gasteiger charge is 2.27. The minimum absolute atomic E-state index is 0.0962. The van der Waals surface area contributed by atoms with Gasteiger partial charge in [0.2, 0.25) is 5.91 Å². The van der Waals surface area contributed by atoms with Crippen LogP contribution in [0.5, 0.6) is 5.88 Å². The van der Waals surface area contributed by atoms with Gasteiger partial charge in [-0.25, -0.2) is 9.48 Å². The molecule has 0 aliphatic carbocycles. The second-order valence-electron chi connectivity index (χ2n) is 5.18. The lowest BCUT2D eigenvalue weighted by Crippen LogP contribution is -2.26. The Morgan fingerprint density at radius 3 is 2.69 bits per heavy atom. The van der Waals surface area contributed by atoms with E-state index in [-0.39, 0.29) is 29.6 Å². The first-order valence-electron chi connectivity index (χ1n) is 7.57. The van der Waals surface area contributed by atoms with Gasteiger partial charge in [0.05, 0.1) is 24.8 Å². The van der Waals surface area contributed by atoms with Gasteiger partial charge in [0.25, 0.3) is 0 Å². The summed E-state index contributed by atoms with van der Waals surface area (Å²) in [5.41, 5.74) is -0.265. The molecule has 12 heteroatoms. The fraction of sp³-hybridized carbons (Fsp3) is 0.429. The molecule has 140 valence electrons. The number of carbonyl (C=O) groups is 2. The second-order valence-corrected chi connectivity index (χ2v) is 5.18. The van der Waals surface area contributed by atoms with Crippen LogP contribution < -0.4 is 10.1 Å². The van der Waals surface area contributed by atoms with Crippen LogP contribution in [0.25, 0.3) is 0 Å². The van der Waals surface area contributed by atoms with Gasteiger partial charge in [0.1, 0.15) is 23.6 Å². The van der Waals surface area contributed by atoms with Gasteiger partial charge >= 0.3 is 17.5 Å². The van der Waals surface area contributed by atoms with Crippen molar-refractivity contribution in [3.05, 3.63) is 28.1 Å².